The molecule has 9 nitrogen and oxygen atoms in total. The van der Waals surface area contributed by atoms with Gasteiger partial charge in [-0.2, -0.15) is 0 Å². The smallest absolute Gasteiger partial charge is 0.462 e. The summed E-state index contributed by atoms with van der Waals surface area (Å²) in [5.74, 6) is -0.807. The van der Waals surface area contributed by atoms with E-state index < -0.39 is 26.5 Å². The Hall–Kier alpha value is -2.03. The first-order valence-electron chi connectivity index (χ1n) is 26.4. The van der Waals surface area contributed by atoms with E-state index in [9.17, 15) is 19.0 Å². The van der Waals surface area contributed by atoms with Crippen molar-refractivity contribution in [3.63, 3.8) is 0 Å². The van der Waals surface area contributed by atoms with Gasteiger partial charge in [0.1, 0.15) is 19.8 Å². The Morgan fingerprint density at radius 3 is 1.31 bits per heavy atom. The number of quaternary nitrogens is 1. The van der Waals surface area contributed by atoms with E-state index in [4.69, 9.17) is 18.5 Å². The Kier molecular flexibility index (Phi) is 44.6. The molecule has 0 aliphatic rings. The second-order valence-electron chi connectivity index (χ2n) is 18.9. The molecule has 0 rings (SSSR count). The van der Waals surface area contributed by atoms with E-state index >= 15 is 0 Å². The number of likely N-dealkylation sites (N-methyl/N-ethyl adjacent to an activating group) is 1. The Balaban J connectivity index is 4.09. The van der Waals surface area contributed by atoms with Crippen LogP contribution in [-0.2, 0) is 32.7 Å². The van der Waals surface area contributed by atoms with Crippen LogP contribution in [0.3, 0.4) is 0 Å². The Bertz CT molecular complexity index is 1230. The molecule has 0 aliphatic heterocycles. The fraction of sp³-hybridized carbons (Fsp3) is 0.815. The molecule has 0 radical (unpaired) electrons. The van der Waals surface area contributed by atoms with Crippen LogP contribution >= 0.6 is 7.82 Å². The molecule has 374 valence electrons. The average molecular weight is 923 g/mol. The van der Waals surface area contributed by atoms with Gasteiger partial charge in [-0.1, -0.05) is 197 Å². The molecule has 0 fully saturated rings. The average Bonchev–Trinajstić information content (AvgIpc) is 3.25. The summed E-state index contributed by atoms with van der Waals surface area (Å²) >= 11 is 0. The maximum atomic E-state index is 12.7. The molecule has 0 heterocycles. The van der Waals surface area contributed by atoms with Gasteiger partial charge in [0.15, 0.2) is 6.10 Å². The number of rotatable bonds is 48. The van der Waals surface area contributed by atoms with Gasteiger partial charge >= 0.3 is 19.8 Å². The van der Waals surface area contributed by atoms with Gasteiger partial charge in [0.2, 0.25) is 0 Å². The Morgan fingerprint density at radius 1 is 0.484 bits per heavy atom. The van der Waals surface area contributed by atoms with Crippen LogP contribution in [0.25, 0.3) is 0 Å². The quantitative estimate of drug-likeness (QED) is 0.0211. The molecule has 0 bridgehead atoms. The van der Waals surface area contributed by atoms with Crippen LogP contribution in [0.15, 0.2) is 48.6 Å². The normalized spacial score (nSPS) is 13.8. The predicted molar refractivity (Wildman–Crippen MR) is 270 cm³/mol. The van der Waals surface area contributed by atoms with Crippen molar-refractivity contribution in [2.45, 2.75) is 238 Å². The number of allylic oxidation sites excluding steroid dienone is 8. The van der Waals surface area contributed by atoms with Crippen molar-refractivity contribution in [3.05, 3.63) is 48.6 Å². The van der Waals surface area contributed by atoms with E-state index in [-0.39, 0.29) is 32.0 Å². The van der Waals surface area contributed by atoms with E-state index in [1.807, 2.05) is 21.1 Å². The maximum absolute atomic E-state index is 12.7. The lowest BCUT2D eigenvalue weighted by atomic mass is 10.0. The summed E-state index contributed by atoms with van der Waals surface area (Å²) in [4.78, 5) is 35.5. The van der Waals surface area contributed by atoms with E-state index in [1.54, 1.807) is 0 Å². The van der Waals surface area contributed by atoms with Crippen LogP contribution < -0.4 is 0 Å². The molecule has 0 aromatic heterocycles. The van der Waals surface area contributed by atoms with Crippen LogP contribution in [0, 0.1) is 0 Å². The highest BCUT2D eigenvalue weighted by molar-refractivity contribution is 7.47. The summed E-state index contributed by atoms with van der Waals surface area (Å²) in [6, 6.07) is 0. The van der Waals surface area contributed by atoms with Crippen LogP contribution in [0.2, 0.25) is 0 Å². The van der Waals surface area contributed by atoms with Gasteiger partial charge in [-0.25, -0.2) is 4.57 Å². The first-order chi connectivity index (χ1) is 31.0. The number of ether oxygens (including phenoxy) is 2. The van der Waals surface area contributed by atoms with Crippen LogP contribution in [0.1, 0.15) is 232 Å². The number of hydrogen-bond acceptors (Lipinski definition) is 7. The van der Waals surface area contributed by atoms with E-state index in [0.717, 1.165) is 70.6 Å². The van der Waals surface area contributed by atoms with Gasteiger partial charge in [0.25, 0.3) is 0 Å². The molecule has 0 amide bonds. The molecule has 0 spiro atoms. The number of unbranched alkanes of at least 4 members (excludes halogenated alkanes) is 26. The van der Waals surface area contributed by atoms with Gasteiger partial charge in [-0.3, -0.25) is 18.6 Å². The van der Waals surface area contributed by atoms with Gasteiger partial charge in [0.05, 0.1) is 27.7 Å². The minimum absolute atomic E-state index is 0.0300. The van der Waals surface area contributed by atoms with Crippen molar-refractivity contribution in [3.8, 4) is 0 Å². The monoisotopic (exact) mass is 923 g/mol. The minimum Gasteiger partial charge on any atom is -0.462 e. The van der Waals surface area contributed by atoms with E-state index in [2.05, 4.69) is 62.5 Å². The first kappa shape index (κ1) is 62.0. The highest BCUT2D eigenvalue weighted by atomic mass is 31.2. The molecule has 0 aliphatic carbocycles. The summed E-state index contributed by atoms with van der Waals surface area (Å²) in [6.45, 7) is 4.38. The second kappa shape index (κ2) is 46.1. The standard InChI is InChI=1S/C54H100NO8P/c1-6-8-10-12-14-16-18-19-20-21-22-23-24-25-26-27-28-29-30-31-32-33-34-35-37-39-41-43-45-47-54(57)63-52(51-62-64(58,59)61-49-48-55(3,4)5)50-60-53(56)46-44-42-40-38-36-17-15-13-11-9-7-2/h13,15,18-19,21-22,24-25,52H,6-12,14,16-17,20,23,26-51H2,1-5H3/p+1/b15-13-,19-18-,22-21-,25-24-. The molecule has 0 aromatic carbocycles. The molecular weight excluding hydrogens is 822 g/mol. The predicted octanol–water partition coefficient (Wildman–Crippen LogP) is 15.8. The molecule has 2 atom stereocenters. The molecule has 10 heteroatoms. The third-order valence-corrected chi connectivity index (χ3v) is 12.3. The minimum atomic E-state index is -4.38. The SMILES string of the molecule is CCCC/C=C\CCCCCCCC(=O)OCC(COP(=O)(O)OCC[N+](C)(C)C)OC(=O)CCCCCCCCCCCCCCCC/C=C\C/C=C\C/C=C\CCCCCCC. The largest absolute Gasteiger partial charge is 0.472 e. The van der Waals surface area contributed by atoms with Crippen LogP contribution in [0.5, 0.6) is 0 Å². The molecule has 0 saturated carbocycles. The van der Waals surface area contributed by atoms with Crippen LogP contribution in [0.4, 0.5) is 0 Å². The molecule has 1 N–H and O–H groups in total. The van der Waals surface area contributed by atoms with Gasteiger partial charge < -0.3 is 18.9 Å². The van der Waals surface area contributed by atoms with Gasteiger partial charge in [-0.05, 0) is 70.6 Å². The maximum Gasteiger partial charge on any atom is 0.472 e. The zero-order chi connectivity index (χ0) is 47.1. The van der Waals surface area contributed by atoms with Gasteiger partial charge in [0, 0.05) is 12.8 Å². The summed E-state index contributed by atoms with van der Waals surface area (Å²) in [5, 5.41) is 0. The lowest BCUT2D eigenvalue weighted by Gasteiger charge is -2.24. The number of phosphoric ester groups is 1. The van der Waals surface area contributed by atoms with Crippen molar-refractivity contribution >= 4 is 19.8 Å². The van der Waals surface area contributed by atoms with E-state index in [1.165, 1.54) is 128 Å². The second-order valence-corrected chi connectivity index (χ2v) is 20.4. The number of carbonyl (C=O) groups is 2. The van der Waals surface area contributed by atoms with Crippen molar-refractivity contribution < 1.29 is 42.1 Å². The van der Waals surface area contributed by atoms with Crippen molar-refractivity contribution in [2.75, 3.05) is 47.5 Å². The fourth-order valence-corrected chi connectivity index (χ4v) is 7.92. The first-order valence-corrected chi connectivity index (χ1v) is 27.9. The lowest BCUT2D eigenvalue weighted by molar-refractivity contribution is -0.870. The van der Waals surface area contributed by atoms with E-state index in [0.29, 0.717) is 17.4 Å². The Morgan fingerprint density at radius 2 is 0.859 bits per heavy atom. The highest BCUT2D eigenvalue weighted by Crippen LogP contribution is 2.43. The number of carbonyl (C=O) groups excluding carboxylic acids is 2. The highest BCUT2D eigenvalue weighted by Gasteiger charge is 2.27. The third kappa shape index (κ3) is 49.4. The topological polar surface area (TPSA) is 108 Å². The summed E-state index contributed by atoms with van der Waals surface area (Å²) in [5.41, 5.74) is 0. The van der Waals surface area contributed by atoms with Crippen LogP contribution in [-0.4, -0.2) is 74.9 Å². The van der Waals surface area contributed by atoms with Crippen molar-refractivity contribution in [1.82, 2.24) is 0 Å². The summed E-state index contributed by atoms with van der Waals surface area (Å²) < 4.78 is 34.4. The third-order valence-electron chi connectivity index (χ3n) is 11.3. The molecule has 2 unspecified atom stereocenters. The zero-order valence-corrected chi connectivity index (χ0v) is 43.2. The van der Waals surface area contributed by atoms with Gasteiger partial charge in [-0.15, -0.1) is 0 Å². The summed E-state index contributed by atoms with van der Waals surface area (Å²) in [6.07, 6.45) is 56.1. The number of hydrogen-bond donors (Lipinski definition) is 1. The molecule has 0 aromatic rings. The fourth-order valence-electron chi connectivity index (χ4n) is 7.18. The molecular formula is C54H101NO8P+. The lowest BCUT2D eigenvalue weighted by Crippen LogP contribution is -2.37. The van der Waals surface area contributed by atoms with Crippen molar-refractivity contribution in [1.29, 1.82) is 0 Å². The number of esters is 2. The van der Waals surface area contributed by atoms with Crippen molar-refractivity contribution in [2.24, 2.45) is 0 Å². The zero-order valence-electron chi connectivity index (χ0n) is 42.3. The summed E-state index contributed by atoms with van der Waals surface area (Å²) in [7, 11) is 1.47. The number of phosphoric acid groups is 1. The molecule has 64 heavy (non-hydrogen) atoms. The Labute approximate surface area is 394 Å². The number of nitrogens with zero attached hydrogens (tertiary/aromatic N) is 1. The molecule has 0 saturated heterocycles.